The smallest absolute Gasteiger partial charge is 0.209 e. The summed E-state index contributed by atoms with van der Waals surface area (Å²) in [6, 6.07) is 0. The van der Waals surface area contributed by atoms with E-state index in [9.17, 15) is 8.42 Å². The first-order valence-electron chi connectivity index (χ1n) is 7.07. The van der Waals surface area contributed by atoms with E-state index in [1.54, 1.807) is 0 Å². The fourth-order valence-electron chi connectivity index (χ4n) is 2.48. The van der Waals surface area contributed by atoms with E-state index in [1.807, 2.05) is 13.8 Å². The molecule has 1 aliphatic heterocycles. The number of sulfonamides is 1. The Morgan fingerprint density at radius 3 is 2.32 bits per heavy atom. The number of nitrogens with two attached hydrogens (primary N) is 1. The molecule has 0 radical (unpaired) electrons. The Balaban J connectivity index is 2.44. The number of ether oxygens (including phenoxy) is 2. The molecule has 0 atom stereocenters. The number of hydrogen-bond acceptors (Lipinski definition) is 4. The van der Waals surface area contributed by atoms with Crippen molar-refractivity contribution in [2.45, 2.75) is 39.5 Å². The highest BCUT2D eigenvalue weighted by atomic mass is 32.2. The summed E-state index contributed by atoms with van der Waals surface area (Å²) in [5.41, 5.74) is -0.348. The summed E-state index contributed by atoms with van der Waals surface area (Å²) in [6.45, 7) is 6.75. The highest BCUT2D eigenvalue weighted by Gasteiger charge is 2.31. The van der Waals surface area contributed by atoms with E-state index in [-0.39, 0.29) is 11.2 Å². The van der Waals surface area contributed by atoms with Crippen molar-refractivity contribution in [2.24, 2.45) is 16.5 Å². The molecule has 6 heteroatoms. The van der Waals surface area contributed by atoms with Crippen LogP contribution in [-0.2, 0) is 19.5 Å². The van der Waals surface area contributed by atoms with Crippen molar-refractivity contribution in [3.05, 3.63) is 0 Å². The van der Waals surface area contributed by atoms with Gasteiger partial charge in [-0.1, -0.05) is 13.8 Å². The summed E-state index contributed by atoms with van der Waals surface area (Å²) < 4.78 is 33.8. The summed E-state index contributed by atoms with van der Waals surface area (Å²) in [4.78, 5) is 0. The molecule has 0 spiro atoms. The van der Waals surface area contributed by atoms with Crippen molar-refractivity contribution < 1.29 is 17.9 Å². The van der Waals surface area contributed by atoms with Crippen molar-refractivity contribution in [2.75, 3.05) is 32.2 Å². The largest absolute Gasteiger partial charge is 0.381 e. The second-order valence-electron chi connectivity index (χ2n) is 5.59. The van der Waals surface area contributed by atoms with Gasteiger partial charge in [-0.3, -0.25) is 0 Å². The van der Waals surface area contributed by atoms with Gasteiger partial charge in [-0.2, -0.15) is 0 Å². The molecule has 1 aliphatic rings. The summed E-state index contributed by atoms with van der Waals surface area (Å²) in [5, 5.41) is 5.19. The Labute approximate surface area is 116 Å². The first-order valence-corrected chi connectivity index (χ1v) is 8.78. The SMILES string of the molecule is CCC(CC)(COCC1CCOCC1)CS(N)(=O)=O. The van der Waals surface area contributed by atoms with Gasteiger partial charge in [-0.05, 0) is 31.6 Å². The lowest BCUT2D eigenvalue weighted by molar-refractivity contribution is -0.00655. The Morgan fingerprint density at radius 2 is 1.84 bits per heavy atom. The van der Waals surface area contributed by atoms with Crippen LogP contribution in [0.3, 0.4) is 0 Å². The van der Waals surface area contributed by atoms with E-state index in [0.29, 0.717) is 19.1 Å². The number of rotatable bonds is 8. The van der Waals surface area contributed by atoms with Crippen LogP contribution in [0.1, 0.15) is 39.5 Å². The van der Waals surface area contributed by atoms with Crippen LogP contribution < -0.4 is 5.14 Å². The molecule has 0 aliphatic carbocycles. The third-order valence-corrected chi connectivity index (χ3v) is 5.12. The van der Waals surface area contributed by atoms with Crippen LogP contribution in [0, 0.1) is 11.3 Å². The van der Waals surface area contributed by atoms with Gasteiger partial charge < -0.3 is 9.47 Å². The highest BCUT2D eigenvalue weighted by molar-refractivity contribution is 7.89. The molecule has 0 unspecified atom stereocenters. The zero-order valence-corrected chi connectivity index (χ0v) is 12.9. The van der Waals surface area contributed by atoms with Gasteiger partial charge in [0.25, 0.3) is 0 Å². The van der Waals surface area contributed by atoms with Crippen molar-refractivity contribution in [3.8, 4) is 0 Å². The van der Waals surface area contributed by atoms with Crippen molar-refractivity contribution in [3.63, 3.8) is 0 Å². The second kappa shape index (κ2) is 7.57. The van der Waals surface area contributed by atoms with E-state index in [4.69, 9.17) is 14.6 Å². The standard InChI is InChI=1S/C13H27NO4S/c1-3-13(4-2,11-19(14,15)16)10-18-9-12-5-7-17-8-6-12/h12H,3-11H2,1-2H3,(H2,14,15,16). The molecule has 0 aromatic heterocycles. The summed E-state index contributed by atoms with van der Waals surface area (Å²) in [6.07, 6.45) is 3.57. The van der Waals surface area contributed by atoms with E-state index < -0.39 is 10.0 Å². The van der Waals surface area contributed by atoms with Crippen molar-refractivity contribution >= 4 is 10.0 Å². The van der Waals surface area contributed by atoms with E-state index in [1.165, 1.54) is 0 Å². The third-order valence-electron chi connectivity index (χ3n) is 4.11. The maximum Gasteiger partial charge on any atom is 0.209 e. The second-order valence-corrected chi connectivity index (χ2v) is 7.20. The molecule has 1 rings (SSSR count). The van der Waals surface area contributed by atoms with Crippen LogP contribution in [0.25, 0.3) is 0 Å². The predicted octanol–water partition coefficient (Wildman–Crippen LogP) is 1.52. The molecule has 5 nitrogen and oxygen atoms in total. The third kappa shape index (κ3) is 6.21. The van der Waals surface area contributed by atoms with Gasteiger partial charge in [-0.25, -0.2) is 13.6 Å². The predicted molar refractivity (Wildman–Crippen MR) is 75.4 cm³/mol. The molecule has 0 amide bonds. The van der Waals surface area contributed by atoms with Gasteiger partial charge in [0.05, 0.1) is 12.4 Å². The lowest BCUT2D eigenvalue weighted by atomic mass is 9.85. The zero-order chi connectivity index (χ0) is 14.4. The maximum atomic E-state index is 11.3. The van der Waals surface area contributed by atoms with Crippen LogP contribution in [0.2, 0.25) is 0 Å². The van der Waals surface area contributed by atoms with E-state index in [2.05, 4.69) is 0 Å². The van der Waals surface area contributed by atoms with Gasteiger partial charge >= 0.3 is 0 Å². The van der Waals surface area contributed by atoms with Crippen LogP contribution in [0.15, 0.2) is 0 Å². The minimum Gasteiger partial charge on any atom is -0.381 e. The van der Waals surface area contributed by atoms with E-state index in [0.717, 1.165) is 38.9 Å². The molecule has 0 saturated carbocycles. The summed E-state index contributed by atoms with van der Waals surface area (Å²) in [5.74, 6) is 0.537. The molecular weight excluding hydrogens is 266 g/mol. The first kappa shape index (κ1) is 16.9. The van der Waals surface area contributed by atoms with Crippen LogP contribution >= 0.6 is 0 Å². The number of hydrogen-bond donors (Lipinski definition) is 1. The molecule has 0 aromatic rings. The molecule has 0 bridgehead atoms. The minimum absolute atomic E-state index is 0.000772. The quantitative estimate of drug-likeness (QED) is 0.736. The molecule has 19 heavy (non-hydrogen) atoms. The Morgan fingerprint density at radius 1 is 1.26 bits per heavy atom. The van der Waals surface area contributed by atoms with Crippen LogP contribution in [0.5, 0.6) is 0 Å². The molecule has 2 N–H and O–H groups in total. The van der Waals surface area contributed by atoms with Crippen molar-refractivity contribution in [1.82, 2.24) is 0 Å². The minimum atomic E-state index is -3.46. The Bertz CT molecular complexity index is 346. The molecule has 1 saturated heterocycles. The van der Waals surface area contributed by atoms with Gasteiger partial charge in [-0.15, -0.1) is 0 Å². The van der Waals surface area contributed by atoms with Crippen LogP contribution in [0.4, 0.5) is 0 Å². The summed E-state index contributed by atoms with van der Waals surface area (Å²) in [7, 11) is -3.46. The molecule has 0 aromatic carbocycles. The average molecular weight is 293 g/mol. The number of primary sulfonamides is 1. The molecule has 114 valence electrons. The lowest BCUT2D eigenvalue weighted by Gasteiger charge is -2.31. The average Bonchev–Trinajstić information content (AvgIpc) is 2.37. The fraction of sp³-hybridized carbons (Fsp3) is 1.00. The van der Waals surface area contributed by atoms with E-state index >= 15 is 0 Å². The lowest BCUT2D eigenvalue weighted by Crippen LogP contribution is -2.37. The summed E-state index contributed by atoms with van der Waals surface area (Å²) >= 11 is 0. The Kier molecular flexibility index (Phi) is 6.73. The molecular formula is C13H27NO4S. The van der Waals surface area contributed by atoms with Crippen molar-refractivity contribution in [1.29, 1.82) is 0 Å². The maximum absolute atomic E-state index is 11.3. The normalized spacial score (nSPS) is 18.7. The van der Waals surface area contributed by atoms with Gasteiger partial charge in [0.15, 0.2) is 0 Å². The van der Waals surface area contributed by atoms with Gasteiger partial charge in [0.1, 0.15) is 0 Å². The monoisotopic (exact) mass is 293 g/mol. The first-order chi connectivity index (χ1) is 8.91. The van der Waals surface area contributed by atoms with Gasteiger partial charge in [0, 0.05) is 25.2 Å². The Hall–Kier alpha value is -0.170. The topological polar surface area (TPSA) is 78.6 Å². The van der Waals surface area contributed by atoms with Crippen LogP contribution in [-0.4, -0.2) is 40.6 Å². The highest BCUT2D eigenvalue weighted by Crippen LogP contribution is 2.29. The molecule has 1 heterocycles. The fourth-order valence-corrected chi connectivity index (χ4v) is 3.83. The van der Waals surface area contributed by atoms with Gasteiger partial charge in [0.2, 0.25) is 10.0 Å². The molecule has 1 fully saturated rings. The zero-order valence-electron chi connectivity index (χ0n) is 12.1.